The van der Waals surface area contributed by atoms with Crippen LogP contribution in [-0.4, -0.2) is 25.5 Å². The Balaban J connectivity index is 1.80. The number of rotatable bonds is 5. The van der Waals surface area contributed by atoms with E-state index in [1.54, 1.807) is 22.1 Å². The molecule has 0 fully saturated rings. The van der Waals surface area contributed by atoms with Crippen molar-refractivity contribution in [3.63, 3.8) is 0 Å². The summed E-state index contributed by atoms with van der Waals surface area (Å²) < 4.78 is 2.96. The maximum atomic E-state index is 12.1. The molecule has 0 saturated heterocycles. The molecule has 25 heavy (non-hydrogen) atoms. The lowest BCUT2D eigenvalue weighted by Gasteiger charge is -2.08. The molecule has 0 aliphatic rings. The molecule has 0 aromatic carbocycles. The van der Waals surface area contributed by atoms with Crippen LogP contribution in [-0.2, 0) is 24.9 Å². The molecule has 0 spiro atoms. The molecule has 0 aliphatic carbocycles. The first-order chi connectivity index (χ1) is 12.0. The number of carbonyl (C=O) groups excluding carboxylic acids is 1. The van der Waals surface area contributed by atoms with E-state index in [0.717, 1.165) is 21.8 Å². The van der Waals surface area contributed by atoms with Crippen LogP contribution in [0, 0.1) is 13.8 Å². The fourth-order valence-electron chi connectivity index (χ4n) is 2.63. The average Bonchev–Trinajstić information content (AvgIpc) is 3.17. The Morgan fingerprint density at radius 3 is 2.68 bits per heavy atom. The first-order valence-electron chi connectivity index (χ1n) is 7.83. The normalized spacial score (nSPS) is 10.8. The first-order valence-corrected chi connectivity index (χ1v) is 8.71. The van der Waals surface area contributed by atoms with Gasteiger partial charge in [-0.25, -0.2) is 4.68 Å². The summed E-state index contributed by atoms with van der Waals surface area (Å²) in [5.41, 5.74) is 3.00. The van der Waals surface area contributed by atoms with Gasteiger partial charge >= 0.3 is 0 Å². The Kier molecular flexibility index (Phi) is 4.80. The standard InChI is InChI=1S/C17H19N5O2S/c1-11-17(12(2)21(3)19-11)14-6-7-16(24)22(20-14)10-15(23)18-9-13-5-4-8-25-13/h4-8H,9-10H2,1-3H3,(H,18,23). The van der Waals surface area contributed by atoms with Crippen LogP contribution in [0.25, 0.3) is 11.3 Å². The van der Waals surface area contributed by atoms with Gasteiger partial charge in [0.25, 0.3) is 5.56 Å². The van der Waals surface area contributed by atoms with Crippen LogP contribution in [0.15, 0.2) is 34.4 Å². The summed E-state index contributed by atoms with van der Waals surface area (Å²) >= 11 is 1.57. The maximum absolute atomic E-state index is 12.1. The van der Waals surface area contributed by atoms with Gasteiger partial charge in [0, 0.05) is 29.2 Å². The highest BCUT2D eigenvalue weighted by atomic mass is 32.1. The molecule has 0 aliphatic heterocycles. The Hall–Kier alpha value is -2.74. The van der Waals surface area contributed by atoms with Gasteiger partial charge in [-0.15, -0.1) is 11.3 Å². The number of aryl methyl sites for hydroxylation is 2. The molecule has 3 heterocycles. The van der Waals surface area contributed by atoms with E-state index in [4.69, 9.17) is 0 Å². The second kappa shape index (κ2) is 7.02. The molecule has 0 saturated carbocycles. The fraction of sp³-hybridized carbons (Fsp3) is 0.294. The summed E-state index contributed by atoms with van der Waals surface area (Å²) in [5.74, 6) is -0.250. The third kappa shape index (κ3) is 3.69. The van der Waals surface area contributed by atoms with E-state index in [0.29, 0.717) is 12.2 Å². The highest BCUT2D eigenvalue weighted by Crippen LogP contribution is 2.23. The summed E-state index contributed by atoms with van der Waals surface area (Å²) in [7, 11) is 1.86. The van der Waals surface area contributed by atoms with E-state index in [9.17, 15) is 9.59 Å². The van der Waals surface area contributed by atoms with Crippen LogP contribution in [0.2, 0.25) is 0 Å². The average molecular weight is 357 g/mol. The van der Waals surface area contributed by atoms with E-state index < -0.39 is 0 Å². The molecule has 0 unspecified atom stereocenters. The number of nitrogens with zero attached hydrogens (tertiary/aromatic N) is 4. The number of aromatic nitrogens is 4. The largest absolute Gasteiger partial charge is 0.350 e. The van der Waals surface area contributed by atoms with Gasteiger partial charge < -0.3 is 5.32 Å². The van der Waals surface area contributed by atoms with E-state index in [1.165, 1.54) is 10.7 Å². The second-order valence-corrected chi connectivity index (χ2v) is 6.77. The minimum atomic E-state index is -0.311. The highest BCUT2D eigenvalue weighted by molar-refractivity contribution is 7.09. The Labute approximate surface area is 148 Å². The van der Waals surface area contributed by atoms with Crippen LogP contribution in [0.1, 0.15) is 16.3 Å². The van der Waals surface area contributed by atoms with Crippen LogP contribution in [0.3, 0.4) is 0 Å². The fourth-order valence-corrected chi connectivity index (χ4v) is 3.28. The SMILES string of the molecule is Cc1nn(C)c(C)c1-c1ccc(=O)n(CC(=O)NCc2cccs2)n1. The Morgan fingerprint density at radius 2 is 2.04 bits per heavy atom. The monoisotopic (exact) mass is 357 g/mol. The first kappa shape index (κ1) is 17.1. The summed E-state index contributed by atoms with van der Waals surface area (Å²) in [4.78, 5) is 25.2. The van der Waals surface area contributed by atoms with Crippen molar-refractivity contribution in [2.45, 2.75) is 26.9 Å². The molecule has 3 rings (SSSR count). The lowest BCUT2D eigenvalue weighted by molar-refractivity contribution is -0.122. The zero-order chi connectivity index (χ0) is 18.0. The molecule has 3 aromatic heterocycles. The molecular weight excluding hydrogens is 338 g/mol. The van der Waals surface area contributed by atoms with Gasteiger partial charge in [0.1, 0.15) is 6.54 Å². The Morgan fingerprint density at radius 1 is 1.24 bits per heavy atom. The molecule has 3 aromatic rings. The molecule has 1 amide bonds. The molecule has 0 radical (unpaired) electrons. The summed E-state index contributed by atoms with van der Waals surface area (Å²) in [5, 5.41) is 13.5. The van der Waals surface area contributed by atoms with Crippen molar-refractivity contribution in [1.82, 2.24) is 24.9 Å². The second-order valence-electron chi connectivity index (χ2n) is 5.74. The van der Waals surface area contributed by atoms with Gasteiger partial charge in [0.05, 0.1) is 17.9 Å². The van der Waals surface area contributed by atoms with E-state index in [-0.39, 0.29) is 18.0 Å². The smallest absolute Gasteiger partial charge is 0.267 e. The van der Waals surface area contributed by atoms with Gasteiger partial charge in [-0.1, -0.05) is 6.07 Å². The van der Waals surface area contributed by atoms with Crippen molar-refractivity contribution in [3.8, 4) is 11.3 Å². The van der Waals surface area contributed by atoms with Gasteiger partial charge in [-0.3, -0.25) is 14.3 Å². The number of hydrogen-bond acceptors (Lipinski definition) is 5. The minimum Gasteiger partial charge on any atom is -0.350 e. The third-order valence-electron chi connectivity index (χ3n) is 3.97. The van der Waals surface area contributed by atoms with Crippen LogP contribution in [0.4, 0.5) is 0 Å². The number of hydrogen-bond donors (Lipinski definition) is 1. The zero-order valence-corrected chi connectivity index (χ0v) is 15.1. The predicted octanol–water partition coefficient (Wildman–Crippen LogP) is 1.64. The van der Waals surface area contributed by atoms with Crippen LogP contribution < -0.4 is 10.9 Å². The molecule has 8 heteroatoms. The molecular formula is C17H19N5O2S. The van der Waals surface area contributed by atoms with Crippen molar-refractivity contribution in [2.24, 2.45) is 7.05 Å². The van der Waals surface area contributed by atoms with Crippen molar-refractivity contribution < 1.29 is 4.79 Å². The zero-order valence-electron chi connectivity index (χ0n) is 14.3. The summed E-state index contributed by atoms with van der Waals surface area (Å²) in [6.07, 6.45) is 0. The lowest BCUT2D eigenvalue weighted by atomic mass is 10.1. The lowest BCUT2D eigenvalue weighted by Crippen LogP contribution is -2.33. The molecule has 130 valence electrons. The molecule has 0 bridgehead atoms. The molecule has 1 N–H and O–H groups in total. The molecule has 0 atom stereocenters. The van der Waals surface area contributed by atoms with Gasteiger partial charge in [0.2, 0.25) is 5.91 Å². The van der Waals surface area contributed by atoms with Gasteiger partial charge in [0.15, 0.2) is 0 Å². The van der Waals surface area contributed by atoms with Gasteiger partial charge in [-0.05, 0) is 31.4 Å². The van der Waals surface area contributed by atoms with E-state index >= 15 is 0 Å². The van der Waals surface area contributed by atoms with Crippen molar-refractivity contribution in [1.29, 1.82) is 0 Å². The number of thiophene rings is 1. The van der Waals surface area contributed by atoms with Crippen molar-refractivity contribution in [3.05, 3.63) is 56.3 Å². The third-order valence-corrected chi connectivity index (χ3v) is 4.84. The summed E-state index contributed by atoms with van der Waals surface area (Å²) in [6.45, 7) is 4.18. The minimum absolute atomic E-state index is 0.115. The van der Waals surface area contributed by atoms with Crippen LogP contribution >= 0.6 is 11.3 Å². The molecule has 7 nitrogen and oxygen atoms in total. The predicted molar refractivity (Wildman–Crippen MR) is 96.3 cm³/mol. The highest BCUT2D eigenvalue weighted by Gasteiger charge is 2.15. The maximum Gasteiger partial charge on any atom is 0.267 e. The van der Waals surface area contributed by atoms with E-state index in [1.807, 2.05) is 38.4 Å². The topological polar surface area (TPSA) is 81.8 Å². The quantitative estimate of drug-likeness (QED) is 0.753. The van der Waals surface area contributed by atoms with Crippen LogP contribution in [0.5, 0.6) is 0 Å². The number of amides is 1. The number of nitrogens with one attached hydrogen (secondary N) is 1. The summed E-state index contributed by atoms with van der Waals surface area (Å²) in [6, 6.07) is 6.98. The number of carbonyl (C=O) groups is 1. The Bertz CT molecular complexity index is 956. The van der Waals surface area contributed by atoms with Crippen molar-refractivity contribution in [2.75, 3.05) is 0 Å². The van der Waals surface area contributed by atoms with E-state index in [2.05, 4.69) is 15.5 Å². The van der Waals surface area contributed by atoms with Gasteiger partial charge in [-0.2, -0.15) is 10.2 Å². The van der Waals surface area contributed by atoms with Crippen molar-refractivity contribution >= 4 is 17.2 Å².